The molecule has 2 heteroatoms. The summed E-state index contributed by atoms with van der Waals surface area (Å²) >= 11 is 0. The van der Waals surface area contributed by atoms with Crippen LogP contribution >= 0.6 is 0 Å². The number of benzene rings is 1. The first-order valence-electron chi connectivity index (χ1n) is 7.33. The number of ether oxygens (including phenoxy) is 1. The van der Waals surface area contributed by atoms with Crippen LogP contribution in [0.4, 0.5) is 0 Å². The third kappa shape index (κ3) is 4.63. The molecule has 1 aromatic carbocycles. The molecule has 0 saturated heterocycles. The highest BCUT2D eigenvalue weighted by Gasteiger charge is 2.15. The van der Waals surface area contributed by atoms with Crippen molar-refractivity contribution in [2.75, 3.05) is 13.7 Å². The molecule has 0 radical (unpaired) electrons. The van der Waals surface area contributed by atoms with Crippen LogP contribution in [0.15, 0.2) is 12.1 Å². The lowest BCUT2D eigenvalue weighted by atomic mass is 9.92. The first kappa shape index (κ1) is 16.2. The predicted molar refractivity (Wildman–Crippen MR) is 82.8 cm³/mol. The zero-order chi connectivity index (χ0) is 14.4. The molecule has 0 saturated carbocycles. The highest BCUT2D eigenvalue weighted by Crippen LogP contribution is 2.26. The second-order valence-electron chi connectivity index (χ2n) is 5.53. The van der Waals surface area contributed by atoms with Gasteiger partial charge in [-0.1, -0.05) is 19.1 Å². The molecule has 2 atom stereocenters. The van der Waals surface area contributed by atoms with Crippen molar-refractivity contribution in [2.24, 2.45) is 0 Å². The average Bonchev–Trinajstić information content (AvgIpc) is 2.38. The van der Waals surface area contributed by atoms with E-state index in [9.17, 15) is 0 Å². The van der Waals surface area contributed by atoms with Crippen molar-refractivity contribution >= 4 is 0 Å². The van der Waals surface area contributed by atoms with Gasteiger partial charge < -0.3 is 10.1 Å². The Morgan fingerprint density at radius 1 is 1.05 bits per heavy atom. The van der Waals surface area contributed by atoms with Crippen LogP contribution in [0.2, 0.25) is 0 Å². The van der Waals surface area contributed by atoms with E-state index in [0.29, 0.717) is 12.1 Å². The Morgan fingerprint density at radius 2 is 1.68 bits per heavy atom. The van der Waals surface area contributed by atoms with Crippen LogP contribution in [-0.2, 0) is 4.74 Å². The molecule has 1 rings (SSSR count). The van der Waals surface area contributed by atoms with Gasteiger partial charge in [0.2, 0.25) is 0 Å². The van der Waals surface area contributed by atoms with E-state index in [0.717, 1.165) is 19.4 Å². The summed E-state index contributed by atoms with van der Waals surface area (Å²) in [6.07, 6.45) is 2.53. The number of hydrogen-bond donors (Lipinski definition) is 1. The third-order valence-corrected chi connectivity index (χ3v) is 3.97. The van der Waals surface area contributed by atoms with Gasteiger partial charge in [0.1, 0.15) is 0 Å². The van der Waals surface area contributed by atoms with Crippen molar-refractivity contribution in [3.05, 3.63) is 34.4 Å². The van der Waals surface area contributed by atoms with Crippen LogP contribution in [0.1, 0.15) is 55.0 Å². The van der Waals surface area contributed by atoms with Crippen LogP contribution in [0, 0.1) is 20.8 Å². The highest BCUT2D eigenvalue weighted by molar-refractivity contribution is 5.38. The van der Waals surface area contributed by atoms with Gasteiger partial charge in [0.05, 0.1) is 6.10 Å². The summed E-state index contributed by atoms with van der Waals surface area (Å²) in [7, 11) is 1.79. The fourth-order valence-corrected chi connectivity index (χ4v) is 2.49. The van der Waals surface area contributed by atoms with Crippen molar-refractivity contribution in [1.82, 2.24) is 5.32 Å². The predicted octanol–water partition coefficient (Wildman–Crippen LogP) is 4.08. The molecule has 0 bridgehead atoms. The summed E-state index contributed by atoms with van der Waals surface area (Å²) in [6, 6.07) is 5.08. The van der Waals surface area contributed by atoms with Crippen molar-refractivity contribution in [2.45, 2.75) is 59.6 Å². The summed E-state index contributed by atoms with van der Waals surface area (Å²) in [5.74, 6) is 0. The minimum absolute atomic E-state index is 0.327. The minimum atomic E-state index is 0.327. The molecule has 1 aromatic rings. The van der Waals surface area contributed by atoms with Gasteiger partial charge in [0.25, 0.3) is 0 Å². The van der Waals surface area contributed by atoms with Gasteiger partial charge in [-0.15, -0.1) is 0 Å². The molecule has 2 unspecified atom stereocenters. The molecule has 19 heavy (non-hydrogen) atoms. The van der Waals surface area contributed by atoms with Crippen LogP contribution in [0.3, 0.4) is 0 Å². The molecule has 0 spiro atoms. The maximum Gasteiger partial charge on any atom is 0.0543 e. The third-order valence-electron chi connectivity index (χ3n) is 3.97. The molecular formula is C17H29NO. The van der Waals surface area contributed by atoms with E-state index < -0.39 is 0 Å². The Balaban J connectivity index is 2.89. The van der Waals surface area contributed by atoms with Crippen LogP contribution in [-0.4, -0.2) is 19.8 Å². The van der Waals surface area contributed by atoms with Gasteiger partial charge in [-0.05, 0) is 69.3 Å². The molecule has 0 aliphatic rings. The van der Waals surface area contributed by atoms with E-state index in [4.69, 9.17) is 4.74 Å². The molecule has 0 aliphatic heterocycles. The largest absolute Gasteiger partial charge is 0.382 e. The zero-order valence-corrected chi connectivity index (χ0v) is 13.3. The van der Waals surface area contributed by atoms with Gasteiger partial charge in [-0.2, -0.15) is 0 Å². The van der Waals surface area contributed by atoms with Gasteiger partial charge in [-0.3, -0.25) is 0 Å². The van der Waals surface area contributed by atoms with Gasteiger partial charge in [0, 0.05) is 13.2 Å². The van der Waals surface area contributed by atoms with Crippen molar-refractivity contribution in [1.29, 1.82) is 0 Å². The molecule has 0 aliphatic carbocycles. The lowest BCUT2D eigenvalue weighted by molar-refractivity contribution is 0.106. The number of rotatable bonds is 7. The summed E-state index contributed by atoms with van der Waals surface area (Å²) < 4.78 is 5.36. The van der Waals surface area contributed by atoms with Crippen LogP contribution < -0.4 is 5.32 Å². The maximum absolute atomic E-state index is 5.36. The first-order chi connectivity index (χ1) is 8.99. The van der Waals surface area contributed by atoms with Crippen molar-refractivity contribution in [3.8, 4) is 0 Å². The van der Waals surface area contributed by atoms with Crippen LogP contribution in [0.5, 0.6) is 0 Å². The second kappa shape index (κ2) is 7.66. The zero-order valence-electron chi connectivity index (χ0n) is 13.3. The fourth-order valence-electron chi connectivity index (χ4n) is 2.49. The second-order valence-corrected chi connectivity index (χ2v) is 5.53. The molecule has 1 N–H and O–H groups in total. The molecule has 0 amide bonds. The van der Waals surface area contributed by atoms with E-state index >= 15 is 0 Å². The van der Waals surface area contributed by atoms with E-state index in [1.807, 2.05) is 0 Å². The van der Waals surface area contributed by atoms with Gasteiger partial charge >= 0.3 is 0 Å². The topological polar surface area (TPSA) is 21.3 Å². The maximum atomic E-state index is 5.36. The molecule has 0 fully saturated rings. The quantitative estimate of drug-likeness (QED) is 0.800. The molecule has 0 aromatic heterocycles. The van der Waals surface area contributed by atoms with E-state index in [1.165, 1.54) is 22.3 Å². The molecule has 108 valence electrons. The summed E-state index contributed by atoms with van der Waals surface area (Å²) in [6.45, 7) is 11.9. The summed E-state index contributed by atoms with van der Waals surface area (Å²) in [5.41, 5.74) is 5.58. The number of aryl methyl sites for hydroxylation is 3. The minimum Gasteiger partial charge on any atom is -0.382 e. The lowest BCUT2D eigenvalue weighted by Crippen LogP contribution is -2.23. The molecule has 2 nitrogen and oxygen atoms in total. The average molecular weight is 263 g/mol. The first-order valence-corrected chi connectivity index (χ1v) is 7.33. The fraction of sp³-hybridized carbons (Fsp3) is 0.647. The number of methoxy groups -OCH3 is 1. The van der Waals surface area contributed by atoms with E-state index in [-0.39, 0.29) is 0 Å². The molecular weight excluding hydrogens is 234 g/mol. The molecule has 0 heterocycles. The van der Waals surface area contributed by atoms with Crippen molar-refractivity contribution in [3.63, 3.8) is 0 Å². The SMILES string of the molecule is CCNC(CCC(C)OC)c1cc(C)c(C)cc1C. The van der Waals surface area contributed by atoms with E-state index in [1.54, 1.807) is 7.11 Å². The standard InChI is InChI=1S/C17H29NO/c1-7-18-17(9-8-15(5)19-6)16-11-13(3)12(2)10-14(16)4/h10-11,15,17-18H,7-9H2,1-6H3. The Morgan fingerprint density at radius 3 is 2.26 bits per heavy atom. The lowest BCUT2D eigenvalue weighted by Gasteiger charge is -2.23. The van der Waals surface area contributed by atoms with E-state index in [2.05, 4.69) is 52.1 Å². The Bertz CT molecular complexity index is 400. The smallest absolute Gasteiger partial charge is 0.0543 e. The Labute approximate surface area is 118 Å². The number of nitrogens with one attached hydrogen (secondary N) is 1. The van der Waals surface area contributed by atoms with Crippen LogP contribution in [0.25, 0.3) is 0 Å². The number of hydrogen-bond acceptors (Lipinski definition) is 2. The summed E-state index contributed by atoms with van der Waals surface area (Å²) in [5, 5.41) is 3.61. The summed E-state index contributed by atoms with van der Waals surface area (Å²) in [4.78, 5) is 0. The van der Waals surface area contributed by atoms with Crippen molar-refractivity contribution < 1.29 is 4.74 Å². The Hall–Kier alpha value is -0.860. The monoisotopic (exact) mass is 263 g/mol. The normalized spacial score (nSPS) is 14.4. The van der Waals surface area contributed by atoms with Gasteiger partial charge in [0.15, 0.2) is 0 Å². The Kier molecular flexibility index (Phi) is 6.53. The van der Waals surface area contributed by atoms with Gasteiger partial charge in [-0.25, -0.2) is 0 Å². The highest BCUT2D eigenvalue weighted by atomic mass is 16.5.